The number of halogens is 1. The van der Waals surface area contributed by atoms with E-state index in [1.54, 1.807) is 0 Å². The summed E-state index contributed by atoms with van der Waals surface area (Å²) in [7, 11) is 0. The second kappa shape index (κ2) is 18.0. The largest absolute Gasteiger partial charge is 0.491 e. The van der Waals surface area contributed by atoms with Crippen LogP contribution in [0.5, 0.6) is 5.75 Å². The average molecular weight is 636 g/mol. The molecule has 15 heteroatoms. The van der Waals surface area contributed by atoms with E-state index in [1.807, 2.05) is 24.3 Å². The number of rotatable bonds is 20. The molecule has 4 atom stereocenters. The van der Waals surface area contributed by atoms with Crippen LogP contribution in [0.4, 0.5) is 5.82 Å². The maximum absolute atomic E-state index is 10.4. The second-order valence-corrected chi connectivity index (χ2v) is 10.00. The van der Waals surface area contributed by atoms with Gasteiger partial charge < -0.3 is 49.1 Å². The molecule has 4 N–H and O–H groups in total. The predicted molar refractivity (Wildman–Crippen MR) is 160 cm³/mol. The monoisotopic (exact) mass is 635 g/mol. The Kier molecular flexibility index (Phi) is 13.8. The number of fused-ring (bicyclic) bond motifs is 1. The summed E-state index contributed by atoms with van der Waals surface area (Å²) in [6.07, 6.45) is 2.78. The fourth-order valence-electron chi connectivity index (χ4n) is 4.39. The molecule has 240 valence electrons. The van der Waals surface area contributed by atoms with Crippen molar-refractivity contribution in [1.82, 2.24) is 19.7 Å². The highest BCUT2D eigenvalue weighted by molar-refractivity contribution is 6.28. The molecule has 3 heterocycles. The molecule has 44 heavy (non-hydrogen) atoms. The summed E-state index contributed by atoms with van der Waals surface area (Å²) < 4.78 is 34.1. The van der Waals surface area contributed by atoms with Gasteiger partial charge in [0.05, 0.1) is 64.4 Å². The van der Waals surface area contributed by atoms with Crippen molar-refractivity contribution in [3.63, 3.8) is 0 Å². The van der Waals surface area contributed by atoms with Crippen LogP contribution in [0.2, 0.25) is 5.28 Å². The summed E-state index contributed by atoms with van der Waals surface area (Å²) in [5.74, 6) is 3.61. The first kappa shape index (κ1) is 33.8. The second-order valence-electron chi connectivity index (χ2n) is 9.66. The van der Waals surface area contributed by atoms with E-state index in [2.05, 4.69) is 26.3 Å². The van der Waals surface area contributed by atoms with Gasteiger partial charge in [-0.3, -0.25) is 0 Å². The Morgan fingerprint density at radius 3 is 2.23 bits per heavy atom. The van der Waals surface area contributed by atoms with Crippen molar-refractivity contribution < 1.29 is 43.7 Å². The first-order valence-electron chi connectivity index (χ1n) is 14.2. The number of benzene rings is 1. The van der Waals surface area contributed by atoms with Gasteiger partial charge in [0, 0.05) is 6.54 Å². The molecule has 1 aliphatic heterocycles. The molecule has 0 radical (unpaired) electrons. The molecular formula is C29H38ClN5O9. The zero-order valence-electron chi connectivity index (χ0n) is 24.2. The molecular weight excluding hydrogens is 598 g/mol. The highest BCUT2D eigenvalue weighted by atomic mass is 35.5. The number of anilines is 1. The third-order valence-corrected chi connectivity index (χ3v) is 6.78. The number of terminal acetylenes is 1. The Bertz CT molecular complexity index is 1320. The van der Waals surface area contributed by atoms with Crippen LogP contribution < -0.4 is 10.1 Å². The molecule has 1 fully saturated rings. The fourth-order valence-corrected chi connectivity index (χ4v) is 4.55. The van der Waals surface area contributed by atoms with Gasteiger partial charge >= 0.3 is 0 Å². The molecule has 1 aromatic carbocycles. The van der Waals surface area contributed by atoms with E-state index < -0.39 is 31.1 Å². The molecule has 0 aliphatic carbocycles. The Morgan fingerprint density at radius 2 is 1.59 bits per heavy atom. The van der Waals surface area contributed by atoms with Gasteiger partial charge in [0.15, 0.2) is 11.9 Å². The number of hydrogen-bond acceptors (Lipinski definition) is 13. The van der Waals surface area contributed by atoms with Crippen molar-refractivity contribution in [3.05, 3.63) is 41.3 Å². The third-order valence-electron chi connectivity index (χ3n) is 6.61. The summed E-state index contributed by atoms with van der Waals surface area (Å²) in [5.41, 5.74) is 1.41. The van der Waals surface area contributed by atoms with Crippen LogP contribution >= 0.6 is 11.6 Å². The van der Waals surface area contributed by atoms with Crippen molar-refractivity contribution in [1.29, 1.82) is 0 Å². The highest BCUT2D eigenvalue weighted by Crippen LogP contribution is 2.32. The first-order valence-corrected chi connectivity index (χ1v) is 14.6. The maximum Gasteiger partial charge on any atom is 0.226 e. The van der Waals surface area contributed by atoms with Crippen molar-refractivity contribution >= 4 is 28.5 Å². The SMILES string of the molecule is C#CCOCCOCCOCCOCCOc1ccc(CCNc2nc(Cl)nc3c2cnn3[C@@H]2O[C@H](CO)[C@@H](O)[C@H]2O)cc1. The van der Waals surface area contributed by atoms with E-state index in [0.29, 0.717) is 89.3 Å². The molecule has 0 amide bonds. The van der Waals surface area contributed by atoms with Gasteiger partial charge in [-0.05, 0) is 35.7 Å². The molecule has 2 aromatic heterocycles. The zero-order chi connectivity index (χ0) is 31.1. The molecule has 0 bridgehead atoms. The molecule has 4 rings (SSSR count). The maximum atomic E-state index is 10.4. The van der Waals surface area contributed by atoms with Gasteiger partial charge in [0.1, 0.15) is 43.1 Å². The Balaban J connectivity index is 1.12. The molecule has 0 unspecified atom stereocenters. The number of nitrogens with one attached hydrogen (secondary N) is 1. The van der Waals surface area contributed by atoms with Gasteiger partial charge in [0.2, 0.25) is 5.28 Å². The van der Waals surface area contributed by atoms with Crippen molar-refractivity contribution in [2.24, 2.45) is 0 Å². The van der Waals surface area contributed by atoms with E-state index in [0.717, 1.165) is 11.3 Å². The van der Waals surface area contributed by atoms with Crippen molar-refractivity contribution in [2.75, 3.05) is 77.9 Å². The normalized spacial score (nSPS) is 19.8. The third kappa shape index (κ3) is 9.70. The average Bonchev–Trinajstić information content (AvgIpc) is 3.57. The minimum absolute atomic E-state index is 0.0180. The van der Waals surface area contributed by atoms with Crippen molar-refractivity contribution in [2.45, 2.75) is 31.0 Å². The Morgan fingerprint density at radius 1 is 0.932 bits per heavy atom. The van der Waals surface area contributed by atoms with Crippen LogP contribution in [0, 0.1) is 12.3 Å². The van der Waals surface area contributed by atoms with Crippen LogP contribution in [0.15, 0.2) is 30.5 Å². The lowest BCUT2D eigenvalue weighted by Crippen LogP contribution is -2.33. The smallest absolute Gasteiger partial charge is 0.226 e. The standard InChI is InChI=1S/C29H38ClN5O9/c1-2-9-39-10-11-40-12-13-41-14-15-42-16-17-43-21-5-3-20(4-6-21)7-8-31-26-22-18-32-35(27(22)34-29(30)33-26)28-25(38)24(37)23(19-36)44-28/h1,3-6,18,23-25,28,36-38H,7-17,19H2,(H,31,33,34)/t23-,24-,25-,28-/m1/s1. The predicted octanol–water partition coefficient (Wildman–Crippen LogP) is 0.824. The van der Waals surface area contributed by atoms with E-state index >= 15 is 0 Å². The van der Waals surface area contributed by atoms with E-state index in [1.165, 1.54) is 10.9 Å². The minimum atomic E-state index is -1.30. The topological polar surface area (TPSA) is 172 Å². The summed E-state index contributed by atoms with van der Waals surface area (Å²) in [6.45, 7) is 4.12. The van der Waals surface area contributed by atoms with Gasteiger partial charge in [-0.1, -0.05) is 18.1 Å². The minimum Gasteiger partial charge on any atom is -0.491 e. The molecule has 1 aliphatic rings. The Hall–Kier alpha value is -3.10. The number of ether oxygens (including phenoxy) is 6. The van der Waals surface area contributed by atoms with Gasteiger partial charge in [-0.2, -0.15) is 15.1 Å². The Labute approximate surface area is 260 Å². The lowest BCUT2D eigenvalue weighted by molar-refractivity contribution is -0.0566. The highest BCUT2D eigenvalue weighted by Gasteiger charge is 2.44. The zero-order valence-corrected chi connectivity index (χ0v) is 25.0. The van der Waals surface area contributed by atoms with Crippen LogP contribution in [0.3, 0.4) is 0 Å². The summed E-state index contributed by atoms with van der Waals surface area (Å²) in [6, 6.07) is 7.77. The number of aromatic nitrogens is 4. The summed E-state index contributed by atoms with van der Waals surface area (Å²) in [4.78, 5) is 8.52. The van der Waals surface area contributed by atoms with Crippen LogP contribution in [-0.4, -0.2) is 126 Å². The molecule has 0 spiro atoms. The lowest BCUT2D eigenvalue weighted by atomic mass is 10.1. The molecule has 0 saturated carbocycles. The van der Waals surface area contributed by atoms with E-state index in [9.17, 15) is 15.3 Å². The number of hydrogen-bond donors (Lipinski definition) is 4. The molecule has 3 aromatic rings. The van der Waals surface area contributed by atoms with Crippen LogP contribution in [-0.2, 0) is 30.1 Å². The van der Waals surface area contributed by atoms with Gasteiger partial charge in [-0.25, -0.2) is 4.68 Å². The first-order chi connectivity index (χ1) is 21.5. The number of aliphatic hydroxyl groups excluding tert-OH is 3. The lowest BCUT2D eigenvalue weighted by Gasteiger charge is -2.16. The molecule has 1 saturated heterocycles. The summed E-state index contributed by atoms with van der Waals surface area (Å²) >= 11 is 6.17. The van der Waals surface area contributed by atoms with E-state index in [4.69, 9.17) is 46.4 Å². The van der Waals surface area contributed by atoms with Gasteiger partial charge in [0.25, 0.3) is 0 Å². The van der Waals surface area contributed by atoms with Gasteiger partial charge in [-0.15, -0.1) is 6.42 Å². The fraction of sp³-hybridized carbons (Fsp3) is 0.552. The summed E-state index contributed by atoms with van der Waals surface area (Å²) in [5, 5.41) is 38.0. The van der Waals surface area contributed by atoms with Crippen molar-refractivity contribution in [3.8, 4) is 18.1 Å². The molecule has 14 nitrogen and oxygen atoms in total. The number of nitrogens with zero attached hydrogens (tertiary/aromatic N) is 4. The number of aliphatic hydroxyl groups is 3. The van der Waals surface area contributed by atoms with Crippen LogP contribution in [0.1, 0.15) is 11.8 Å². The van der Waals surface area contributed by atoms with Crippen LogP contribution in [0.25, 0.3) is 11.0 Å². The quantitative estimate of drug-likeness (QED) is 0.0782. The van der Waals surface area contributed by atoms with E-state index in [-0.39, 0.29) is 5.28 Å².